The second kappa shape index (κ2) is 9.55. The Balaban J connectivity index is 1.72. The molecule has 0 radical (unpaired) electrons. The average Bonchev–Trinajstić information content (AvgIpc) is 3.09. The van der Waals surface area contributed by atoms with Crippen molar-refractivity contribution in [3.8, 4) is 5.75 Å². The predicted octanol–water partition coefficient (Wildman–Crippen LogP) is 0.779. The summed E-state index contributed by atoms with van der Waals surface area (Å²) in [6.45, 7) is 3.81. The van der Waals surface area contributed by atoms with Gasteiger partial charge in [-0.15, -0.1) is 0 Å². The van der Waals surface area contributed by atoms with Crippen LogP contribution >= 0.6 is 11.8 Å². The summed E-state index contributed by atoms with van der Waals surface area (Å²) in [7, 11) is -3.54. The van der Waals surface area contributed by atoms with E-state index < -0.39 is 10.0 Å². The van der Waals surface area contributed by atoms with E-state index in [0.717, 1.165) is 0 Å². The molecule has 11 heteroatoms. The number of sulfonamides is 1. The molecule has 1 aromatic carbocycles. The van der Waals surface area contributed by atoms with Crippen LogP contribution in [0.2, 0.25) is 0 Å². The van der Waals surface area contributed by atoms with Crippen LogP contribution in [0.15, 0.2) is 40.6 Å². The van der Waals surface area contributed by atoms with E-state index in [0.29, 0.717) is 23.2 Å². The Hall–Kier alpha value is -2.11. The number of ether oxygens (including phenoxy) is 1. The molecule has 1 heterocycles. The summed E-state index contributed by atoms with van der Waals surface area (Å²) < 4.78 is 31.9. The minimum absolute atomic E-state index is 0.146. The smallest absolute Gasteiger partial charge is 0.257 e. The molecule has 0 aliphatic carbocycles. The molecular formula is C15H21N5O4S2. The quantitative estimate of drug-likeness (QED) is 0.398. The summed E-state index contributed by atoms with van der Waals surface area (Å²) in [6.07, 6.45) is 1.42. The molecule has 0 bridgehead atoms. The molecule has 0 aliphatic rings. The van der Waals surface area contributed by atoms with E-state index in [-0.39, 0.29) is 23.5 Å². The van der Waals surface area contributed by atoms with E-state index in [4.69, 9.17) is 4.74 Å². The molecule has 1 aromatic heterocycles. The van der Waals surface area contributed by atoms with E-state index in [1.165, 1.54) is 42.4 Å². The molecule has 26 heavy (non-hydrogen) atoms. The van der Waals surface area contributed by atoms with E-state index in [2.05, 4.69) is 25.2 Å². The second-order valence-corrected chi connectivity index (χ2v) is 8.32. The summed E-state index contributed by atoms with van der Waals surface area (Å²) in [5, 5.41) is 9.85. The van der Waals surface area contributed by atoms with Crippen molar-refractivity contribution in [3.63, 3.8) is 0 Å². The SMILES string of the molecule is CC(C)NS(=O)(=O)c1ccc(OCC(=O)NCCSc2ncn[nH]2)cc1. The number of carbonyl (C=O) groups is 1. The fraction of sp³-hybridized carbons (Fsp3) is 0.400. The fourth-order valence-corrected chi connectivity index (χ4v) is 3.78. The lowest BCUT2D eigenvalue weighted by molar-refractivity contribution is -0.122. The number of hydrogen-bond donors (Lipinski definition) is 3. The molecule has 0 saturated carbocycles. The van der Waals surface area contributed by atoms with Gasteiger partial charge in [-0.25, -0.2) is 18.1 Å². The van der Waals surface area contributed by atoms with Crippen LogP contribution in [-0.2, 0) is 14.8 Å². The monoisotopic (exact) mass is 399 g/mol. The highest BCUT2D eigenvalue weighted by Crippen LogP contribution is 2.16. The van der Waals surface area contributed by atoms with Gasteiger partial charge in [0.1, 0.15) is 12.1 Å². The number of nitrogens with zero attached hydrogens (tertiary/aromatic N) is 2. The number of aromatic nitrogens is 3. The van der Waals surface area contributed by atoms with Crippen molar-refractivity contribution in [2.45, 2.75) is 29.9 Å². The highest BCUT2D eigenvalue weighted by atomic mass is 32.2. The van der Waals surface area contributed by atoms with Gasteiger partial charge in [0.15, 0.2) is 11.8 Å². The standard InChI is InChI=1S/C15H21N5O4S2/c1-11(2)20-26(22,23)13-5-3-12(4-6-13)24-9-14(21)16-7-8-25-15-17-10-18-19-15/h3-6,10-11,20H,7-9H2,1-2H3,(H,16,21)(H,17,18,19). The predicted molar refractivity (Wildman–Crippen MR) is 97.5 cm³/mol. The zero-order chi connectivity index (χ0) is 19.0. The first-order valence-corrected chi connectivity index (χ1v) is 10.3. The Morgan fingerprint density at radius 1 is 1.31 bits per heavy atom. The summed E-state index contributed by atoms with van der Waals surface area (Å²) in [5.74, 6) is 0.803. The molecule has 3 N–H and O–H groups in total. The molecule has 2 rings (SSSR count). The first-order valence-electron chi connectivity index (χ1n) is 7.87. The number of benzene rings is 1. The van der Waals surface area contributed by atoms with Crippen molar-refractivity contribution in [2.75, 3.05) is 18.9 Å². The van der Waals surface area contributed by atoms with Gasteiger partial charge in [-0.05, 0) is 38.1 Å². The van der Waals surface area contributed by atoms with Crippen molar-refractivity contribution >= 4 is 27.7 Å². The fourth-order valence-electron chi connectivity index (χ4n) is 1.90. The Labute approximate surface area is 156 Å². The van der Waals surface area contributed by atoms with Crippen molar-refractivity contribution in [2.24, 2.45) is 0 Å². The summed E-state index contributed by atoms with van der Waals surface area (Å²) in [6, 6.07) is 5.71. The van der Waals surface area contributed by atoms with E-state index in [1.54, 1.807) is 13.8 Å². The highest BCUT2D eigenvalue weighted by molar-refractivity contribution is 7.99. The number of amides is 1. The van der Waals surface area contributed by atoms with Gasteiger partial charge in [0.05, 0.1) is 4.90 Å². The van der Waals surface area contributed by atoms with Crippen LogP contribution in [0.5, 0.6) is 5.75 Å². The third-order valence-electron chi connectivity index (χ3n) is 2.95. The first kappa shape index (κ1) is 20.2. The zero-order valence-corrected chi connectivity index (χ0v) is 16.1. The van der Waals surface area contributed by atoms with Crippen LogP contribution in [0.4, 0.5) is 0 Å². The number of H-pyrrole nitrogens is 1. The largest absolute Gasteiger partial charge is 0.484 e. The number of hydrogen-bond acceptors (Lipinski definition) is 7. The molecular weight excluding hydrogens is 378 g/mol. The second-order valence-electron chi connectivity index (χ2n) is 5.53. The lowest BCUT2D eigenvalue weighted by Crippen LogP contribution is -2.31. The minimum Gasteiger partial charge on any atom is -0.484 e. The number of thioether (sulfide) groups is 1. The molecule has 0 aliphatic heterocycles. The third-order valence-corrected chi connectivity index (χ3v) is 5.50. The maximum Gasteiger partial charge on any atom is 0.257 e. The molecule has 1 amide bonds. The van der Waals surface area contributed by atoms with Crippen LogP contribution in [0.1, 0.15) is 13.8 Å². The van der Waals surface area contributed by atoms with Gasteiger partial charge in [0.2, 0.25) is 10.0 Å². The van der Waals surface area contributed by atoms with Gasteiger partial charge < -0.3 is 10.1 Å². The molecule has 0 spiro atoms. The number of nitrogens with one attached hydrogen (secondary N) is 3. The van der Waals surface area contributed by atoms with Crippen LogP contribution in [0.3, 0.4) is 0 Å². The molecule has 0 fully saturated rings. The lowest BCUT2D eigenvalue weighted by atomic mass is 10.3. The lowest BCUT2D eigenvalue weighted by Gasteiger charge is -2.10. The molecule has 2 aromatic rings. The third kappa shape index (κ3) is 6.65. The van der Waals surface area contributed by atoms with Gasteiger partial charge >= 0.3 is 0 Å². The van der Waals surface area contributed by atoms with Crippen LogP contribution in [0.25, 0.3) is 0 Å². The van der Waals surface area contributed by atoms with Gasteiger partial charge in [-0.3, -0.25) is 9.89 Å². The number of carbonyl (C=O) groups excluding carboxylic acids is 1. The number of aromatic amines is 1. The normalized spacial score (nSPS) is 11.5. The topological polar surface area (TPSA) is 126 Å². The highest BCUT2D eigenvalue weighted by Gasteiger charge is 2.15. The molecule has 0 unspecified atom stereocenters. The minimum atomic E-state index is -3.54. The molecule has 142 valence electrons. The van der Waals surface area contributed by atoms with E-state index in [1.807, 2.05) is 0 Å². The Morgan fingerprint density at radius 3 is 2.65 bits per heavy atom. The van der Waals surface area contributed by atoms with Crippen LogP contribution in [0, 0.1) is 0 Å². The maximum absolute atomic E-state index is 12.0. The number of rotatable bonds is 10. The van der Waals surface area contributed by atoms with Gasteiger partial charge in [-0.1, -0.05) is 11.8 Å². The van der Waals surface area contributed by atoms with Gasteiger partial charge in [0, 0.05) is 18.3 Å². The van der Waals surface area contributed by atoms with Crippen molar-refractivity contribution < 1.29 is 17.9 Å². The van der Waals surface area contributed by atoms with Gasteiger partial charge in [-0.2, -0.15) is 5.10 Å². The summed E-state index contributed by atoms with van der Waals surface area (Å²) in [5.41, 5.74) is 0. The van der Waals surface area contributed by atoms with Crippen molar-refractivity contribution in [1.29, 1.82) is 0 Å². The van der Waals surface area contributed by atoms with Crippen LogP contribution < -0.4 is 14.8 Å². The molecule has 9 nitrogen and oxygen atoms in total. The molecule has 0 saturated heterocycles. The summed E-state index contributed by atoms with van der Waals surface area (Å²) >= 11 is 1.44. The van der Waals surface area contributed by atoms with E-state index in [9.17, 15) is 13.2 Å². The maximum atomic E-state index is 12.0. The molecule has 0 atom stereocenters. The zero-order valence-electron chi connectivity index (χ0n) is 14.4. The Bertz CT molecular complexity index is 792. The van der Waals surface area contributed by atoms with Gasteiger partial charge in [0.25, 0.3) is 5.91 Å². The van der Waals surface area contributed by atoms with Crippen LogP contribution in [-0.4, -0.2) is 54.5 Å². The average molecular weight is 399 g/mol. The van der Waals surface area contributed by atoms with E-state index >= 15 is 0 Å². The Kier molecular flexibility index (Phi) is 7.42. The van der Waals surface area contributed by atoms with Crippen molar-refractivity contribution in [3.05, 3.63) is 30.6 Å². The first-order chi connectivity index (χ1) is 12.4. The van der Waals surface area contributed by atoms with Crippen molar-refractivity contribution in [1.82, 2.24) is 25.2 Å². The summed E-state index contributed by atoms with van der Waals surface area (Å²) in [4.78, 5) is 15.8. The Morgan fingerprint density at radius 2 is 2.04 bits per heavy atom.